The average Bonchev–Trinajstić information content (AvgIpc) is 2.76. The van der Waals surface area contributed by atoms with E-state index in [-0.39, 0.29) is 0 Å². The van der Waals surface area contributed by atoms with Crippen LogP contribution in [-0.4, -0.2) is 34.6 Å². The van der Waals surface area contributed by atoms with Crippen LogP contribution in [0.3, 0.4) is 0 Å². The maximum absolute atomic E-state index is 5.84. The van der Waals surface area contributed by atoms with Crippen LogP contribution in [0.15, 0.2) is 48.7 Å². The second-order valence-electron chi connectivity index (χ2n) is 7.38. The maximum atomic E-state index is 5.84. The van der Waals surface area contributed by atoms with Crippen LogP contribution in [0.1, 0.15) is 30.7 Å². The summed E-state index contributed by atoms with van der Waals surface area (Å²) in [6.07, 6.45) is 2.86. The molecule has 30 heavy (non-hydrogen) atoms. The Morgan fingerprint density at radius 1 is 1.03 bits per heavy atom. The van der Waals surface area contributed by atoms with E-state index in [4.69, 9.17) is 20.2 Å². The minimum atomic E-state index is 0.644. The molecule has 0 bridgehead atoms. The molecule has 156 valence electrons. The fraction of sp³-hybridized carbons (Fsp3) is 0.333. The molecular weight excluding hydrogens is 376 g/mol. The van der Waals surface area contributed by atoms with Crippen LogP contribution < -0.4 is 15.2 Å². The van der Waals surface area contributed by atoms with Crippen LogP contribution in [0.4, 0.5) is 5.69 Å². The van der Waals surface area contributed by atoms with E-state index in [0.29, 0.717) is 13.2 Å². The predicted octanol–water partition coefficient (Wildman–Crippen LogP) is 4.08. The smallest absolute Gasteiger partial charge is 0.159 e. The minimum absolute atomic E-state index is 0.644. The van der Waals surface area contributed by atoms with Gasteiger partial charge in [-0.3, -0.25) is 4.90 Å². The number of aromatic nitrogens is 2. The number of nitrogens with two attached hydrogens (primary N) is 1. The van der Waals surface area contributed by atoms with E-state index in [0.717, 1.165) is 65.9 Å². The molecule has 1 aromatic heterocycles. The van der Waals surface area contributed by atoms with Gasteiger partial charge in [0.25, 0.3) is 0 Å². The Bertz CT molecular complexity index is 1000. The Labute approximate surface area is 177 Å². The van der Waals surface area contributed by atoms with Gasteiger partial charge in [0.05, 0.1) is 18.9 Å². The third-order valence-electron chi connectivity index (χ3n) is 5.22. The Balaban J connectivity index is 1.51. The molecule has 0 atom stereocenters. The molecule has 0 saturated heterocycles. The summed E-state index contributed by atoms with van der Waals surface area (Å²) in [5.74, 6) is 2.55. The van der Waals surface area contributed by atoms with Gasteiger partial charge < -0.3 is 15.2 Å². The molecule has 2 N–H and O–H groups in total. The van der Waals surface area contributed by atoms with Gasteiger partial charge in [0, 0.05) is 54.6 Å². The molecule has 1 aliphatic rings. The van der Waals surface area contributed by atoms with E-state index in [1.807, 2.05) is 56.4 Å². The zero-order valence-electron chi connectivity index (χ0n) is 17.6. The first kappa shape index (κ1) is 20.2. The topological polar surface area (TPSA) is 73.5 Å². The van der Waals surface area contributed by atoms with Crippen LogP contribution in [0.25, 0.3) is 11.4 Å². The summed E-state index contributed by atoms with van der Waals surface area (Å²) in [5, 5.41) is 0. The summed E-state index contributed by atoms with van der Waals surface area (Å²) < 4.78 is 11.5. The highest BCUT2D eigenvalue weighted by atomic mass is 16.5. The van der Waals surface area contributed by atoms with Crippen LogP contribution in [0, 0.1) is 0 Å². The number of hydrogen-bond acceptors (Lipinski definition) is 6. The molecule has 4 rings (SSSR count). The second-order valence-corrected chi connectivity index (χ2v) is 7.38. The molecule has 0 spiro atoms. The van der Waals surface area contributed by atoms with Gasteiger partial charge in [0.15, 0.2) is 5.82 Å². The molecule has 0 amide bonds. The molecule has 0 saturated carbocycles. The number of ether oxygens (including phenoxy) is 2. The van der Waals surface area contributed by atoms with Gasteiger partial charge in [-0.25, -0.2) is 9.97 Å². The summed E-state index contributed by atoms with van der Waals surface area (Å²) in [5.41, 5.74) is 11.0. The molecule has 6 heteroatoms. The van der Waals surface area contributed by atoms with Gasteiger partial charge >= 0.3 is 0 Å². The maximum Gasteiger partial charge on any atom is 0.159 e. The van der Waals surface area contributed by atoms with E-state index >= 15 is 0 Å². The highest BCUT2D eigenvalue weighted by Crippen LogP contribution is 2.28. The summed E-state index contributed by atoms with van der Waals surface area (Å²) >= 11 is 0. The van der Waals surface area contributed by atoms with Gasteiger partial charge in [0.1, 0.15) is 11.5 Å². The molecule has 0 radical (unpaired) electrons. The van der Waals surface area contributed by atoms with E-state index in [1.165, 1.54) is 5.56 Å². The number of hydrogen-bond donors (Lipinski definition) is 1. The molecule has 1 aliphatic heterocycles. The van der Waals surface area contributed by atoms with Gasteiger partial charge in [-0.1, -0.05) is 0 Å². The number of nitrogens with zero attached hydrogens (tertiary/aromatic N) is 3. The lowest BCUT2D eigenvalue weighted by Gasteiger charge is -2.28. The Hall–Kier alpha value is -3.12. The lowest BCUT2D eigenvalue weighted by Crippen LogP contribution is -2.31. The molecular formula is C24H28N4O2. The molecule has 0 aliphatic carbocycles. The summed E-state index contributed by atoms with van der Waals surface area (Å²) in [4.78, 5) is 11.8. The standard InChI is InChI=1S/C24H28N4O2/c1-3-29-21-9-10-23(30-4-2)18(13-21)15-28-12-11-22-19(16-28)14-26-24(27-22)17-5-7-20(25)8-6-17/h5-10,13-14H,3-4,11-12,15-16,25H2,1-2H3. The van der Waals surface area contributed by atoms with Crippen molar-refractivity contribution >= 4 is 5.69 Å². The Morgan fingerprint density at radius 2 is 1.83 bits per heavy atom. The lowest BCUT2D eigenvalue weighted by molar-refractivity contribution is 0.236. The predicted molar refractivity (Wildman–Crippen MR) is 118 cm³/mol. The van der Waals surface area contributed by atoms with Crippen molar-refractivity contribution in [2.75, 3.05) is 25.5 Å². The number of rotatable bonds is 7. The van der Waals surface area contributed by atoms with Crippen molar-refractivity contribution < 1.29 is 9.47 Å². The molecule has 3 aromatic rings. The normalized spacial score (nSPS) is 13.7. The van der Waals surface area contributed by atoms with Crippen molar-refractivity contribution in [3.63, 3.8) is 0 Å². The molecule has 0 unspecified atom stereocenters. The minimum Gasteiger partial charge on any atom is -0.494 e. The summed E-state index contributed by atoms with van der Waals surface area (Å²) in [7, 11) is 0. The molecule has 0 fully saturated rings. The van der Waals surface area contributed by atoms with E-state index in [9.17, 15) is 0 Å². The van der Waals surface area contributed by atoms with Crippen LogP contribution in [0.5, 0.6) is 11.5 Å². The largest absolute Gasteiger partial charge is 0.494 e. The number of benzene rings is 2. The Kier molecular flexibility index (Phi) is 6.14. The van der Waals surface area contributed by atoms with E-state index in [1.54, 1.807) is 0 Å². The van der Waals surface area contributed by atoms with E-state index in [2.05, 4.69) is 16.0 Å². The third kappa shape index (κ3) is 4.54. The number of anilines is 1. The van der Waals surface area contributed by atoms with Crippen molar-refractivity contribution in [3.05, 3.63) is 65.5 Å². The summed E-state index contributed by atoms with van der Waals surface area (Å²) in [6.45, 7) is 7.86. The Morgan fingerprint density at radius 3 is 2.60 bits per heavy atom. The summed E-state index contributed by atoms with van der Waals surface area (Å²) in [6, 6.07) is 13.8. The monoisotopic (exact) mass is 404 g/mol. The zero-order valence-corrected chi connectivity index (χ0v) is 17.6. The first-order chi connectivity index (χ1) is 14.7. The highest BCUT2D eigenvalue weighted by Gasteiger charge is 2.20. The van der Waals surface area contributed by atoms with Crippen molar-refractivity contribution in [3.8, 4) is 22.9 Å². The van der Waals surface area contributed by atoms with Crippen LogP contribution in [-0.2, 0) is 19.5 Å². The van der Waals surface area contributed by atoms with Crippen LogP contribution >= 0.6 is 0 Å². The van der Waals surface area contributed by atoms with Crippen molar-refractivity contribution in [1.29, 1.82) is 0 Å². The third-order valence-corrected chi connectivity index (χ3v) is 5.22. The molecule has 2 heterocycles. The van der Waals surface area contributed by atoms with E-state index < -0.39 is 0 Å². The van der Waals surface area contributed by atoms with Gasteiger partial charge in [-0.2, -0.15) is 0 Å². The van der Waals surface area contributed by atoms with Crippen molar-refractivity contribution in [2.24, 2.45) is 0 Å². The quantitative estimate of drug-likeness (QED) is 0.598. The first-order valence-electron chi connectivity index (χ1n) is 10.5. The van der Waals surface area contributed by atoms with Crippen molar-refractivity contribution in [2.45, 2.75) is 33.4 Å². The fourth-order valence-electron chi connectivity index (χ4n) is 3.75. The van der Waals surface area contributed by atoms with Crippen molar-refractivity contribution in [1.82, 2.24) is 14.9 Å². The van der Waals surface area contributed by atoms with Crippen LogP contribution in [0.2, 0.25) is 0 Å². The molecule has 6 nitrogen and oxygen atoms in total. The fourth-order valence-corrected chi connectivity index (χ4v) is 3.75. The lowest BCUT2D eigenvalue weighted by atomic mass is 10.1. The molecule has 2 aromatic carbocycles. The zero-order chi connectivity index (χ0) is 20.9. The van der Waals surface area contributed by atoms with Gasteiger partial charge in [-0.15, -0.1) is 0 Å². The average molecular weight is 405 g/mol. The van der Waals surface area contributed by atoms with Gasteiger partial charge in [-0.05, 0) is 56.3 Å². The first-order valence-corrected chi connectivity index (χ1v) is 10.5. The van der Waals surface area contributed by atoms with Gasteiger partial charge in [0.2, 0.25) is 0 Å². The number of nitrogen functional groups attached to an aromatic ring is 1. The number of fused-ring (bicyclic) bond motifs is 1. The second kappa shape index (κ2) is 9.13. The highest BCUT2D eigenvalue weighted by molar-refractivity contribution is 5.58. The SMILES string of the molecule is CCOc1ccc(OCC)c(CN2CCc3nc(-c4ccc(N)cc4)ncc3C2)c1.